The highest BCUT2D eigenvalue weighted by Gasteiger charge is 2.24. The van der Waals surface area contributed by atoms with Crippen LogP contribution in [0.1, 0.15) is 26.5 Å². The van der Waals surface area contributed by atoms with E-state index in [1.165, 1.54) is 0 Å². The maximum absolute atomic E-state index is 11.0. The molecule has 0 atom stereocenters. The molecule has 0 aliphatic heterocycles. The van der Waals surface area contributed by atoms with Crippen LogP contribution in [0.3, 0.4) is 0 Å². The second-order valence-corrected chi connectivity index (χ2v) is 3.54. The monoisotopic (exact) mass is 247 g/mol. The van der Waals surface area contributed by atoms with Gasteiger partial charge in [-0.2, -0.15) is 0 Å². The Morgan fingerprint density at radius 3 is 2.33 bits per heavy atom. The molecule has 1 heterocycles. The van der Waals surface area contributed by atoms with Gasteiger partial charge in [-0.3, -0.25) is 0 Å². The summed E-state index contributed by atoms with van der Waals surface area (Å²) in [5.74, 6) is -2.78. The maximum atomic E-state index is 11.0. The van der Waals surface area contributed by atoms with Gasteiger partial charge in [0.2, 0.25) is 5.69 Å². The van der Waals surface area contributed by atoms with E-state index in [1.54, 1.807) is 24.3 Å². The van der Waals surface area contributed by atoms with E-state index in [1.807, 2.05) is 6.07 Å². The molecule has 1 aromatic heterocycles. The lowest BCUT2D eigenvalue weighted by molar-refractivity contribution is 0.0640. The van der Waals surface area contributed by atoms with Crippen LogP contribution in [0.4, 0.5) is 0 Å². The Morgan fingerprint density at radius 1 is 1.11 bits per heavy atom. The number of benzene rings is 1. The van der Waals surface area contributed by atoms with E-state index in [4.69, 9.17) is 10.2 Å². The van der Waals surface area contributed by atoms with E-state index in [0.29, 0.717) is 0 Å². The van der Waals surface area contributed by atoms with Crippen molar-refractivity contribution in [1.29, 1.82) is 0 Å². The molecule has 0 fully saturated rings. The molecule has 7 heteroatoms. The topological polar surface area (TPSA) is 105 Å². The molecule has 0 amide bonds. The Kier molecular flexibility index (Phi) is 3.05. The molecule has 0 aliphatic rings. The number of rotatable bonds is 4. The Balaban J connectivity index is 2.40. The minimum atomic E-state index is -1.41. The second-order valence-electron chi connectivity index (χ2n) is 3.54. The third kappa shape index (κ3) is 2.19. The predicted molar refractivity (Wildman–Crippen MR) is 59.5 cm³/mol. The molecule has 0 spiro atoms. The largest absolute Gasteiger partial charge is 0.476 e. The Morgan fingerprint density at radius 2 is 1.78 bits per heavy atom. The lowest BCUT2D eigenvalue weighted by Crippen LogP contribution is -2.14. The zero-order valence-electron chi connectivity index (χ0n) is 9.15. The zero-order chi connectivity index (χ0) is 13.1. The number of nitrogens with zero attached hydrogens (tertiary/aromatic N) is 3. The van der Waals surface area contributed by atoms with Crippen molar-refractivity contribution in [3.63, 3.8) is 0 Å². The van der Waals surface area contributed by atoms with Crippen LogP contribution >= 0.6 is 0 Å². The first kappa shape index (κ1) is 11.8. The van der Waals surface area contributed by atoms with E-state index in [9.17, 15) is 9.59 Å². The number of carboxylic acid groups (broad SMARTS) is 2. The third-order valence-corrected chi connectivity index (χ3v) is 2.32. The van der Waals surface area contributed by atoms with E-state index in [-0.39, 0.29) is 6.54 Å². The van der Waals surface area contributed by atoms with Crippen LogP contribution in [0.25, 0.3) is 0 Å². The standard InChI is InChI=1S/C11H9N3O4/c15-10(16)8-9(11(17)18)14(13-12-8)6-7-4-2-1-3-5-7/h1-5H,6H2,(H,15,16)(H,17,18). The fourth-order valence-corrected chi connectivity index (χ4v) is 1.54. The van der Waals surface area contributed by atoms with Crippen molar-refractivity contribution in [1.82, 2.24) is 15.0 Å². The van der Waals surface area contributed by atoms with Crippen molar-refractivity contribution >= 4 is 11.9 Å². The van der Waals surface area contributed by atoms with E-state index < -0.39 is 23.3 Å². The van der Waals surface area contributed by atoms with Crippen molar-refractivity contribution in [2.75, 3.05) is 0 Å². The minimum Gasteiger partial charge on any atom is -0.476 e. The summed E-state index contributed by atoms with van der Waals surface area (Å²) >= 11 is 0. The fraction of sp³-hybridized carbons (Fsp3) is 0.0909. The number of carbonyl (C=O) groups is 2. The molecule has 0 radical (unpaired) electrons. The smallest absolute Gasteiger partial charge is 0.359 e. The van der Waals surface area contributed by atoms with Gasteiger partial charge in [-0.25, -0.2) is 14.3 Å². The molecule has 0 saturated carbocycles. The highest BCUT2D eigenvalue weighted by Crippen LogP contribution is 2.09. The van der Waals surface area contributed by atoms with Gasteiger partial charge >= 0.3 is 11.9 Å². The third-order valence-electron chi connectivity index (χ3n) is 2.32. The van der Waals surface area contributed by atoms with Crippen molar-refractivity contribution < 1.29 is 19.8 Å². The van der Waals surface area contributed by atoms with E-state index >= 15 is 0 Å². The van der Waals surface area contributed by atoms with E-state index in [2.05, 4.69) is 10.3 Å². The van der Waals surface area contributed by atoms with Gasteiger partial charge in [0.15, 0.2) is 5.69 Å². The number of aromatic carboxylic acids is 2. The number of hydrogen-bond donors (Lipinski definition) is 2. The van der Waals surface area contributed by atoms with Gasteiger partial charge < -0.3 is 10.2 Å². The lowest BCUT2D eigenvalue weighted by atomic mass is 10.2. The summed E-state index contributed by atoms with van der Waals surface area (Å²) in [7, 11) is 0. The van der Waals surface area contributed by atoms with Gasteiger partial charge in [0.05, 0.1) is 6.54 Å². The number of hydrogen-bond acceptors (Lipinski definition) is 4. The molecule has 0 bridgehead atoms. The second kappa shape index (κ2) is 4.66. The summed E-state index contributed by atoms with van der Waals surface area (Å²) in [5.41, 5.74) is -0.174. The summed E-state index contributed by atoms with van der Waals surface area (Å²) in [6.07, 6.45) is 0. The average Bonchev–Trinajstić information content (AvgIpc) is 2.74. The van der Waals surface area contributed by atoms with Crippen LogP contribution in [0.5, 0.6) is 0 Å². The van der Waals surface area contributed by atoms with Crippen molar-refractivity contribution in [2.45, 2.75) is 6.54 Å². The molecular weight excluding hydrogens is 238 g/mol. The van der Waals surface area contributed by atoms with Gasteiger partial charge in [-0.05, 0) is 5.56 Å². The molecule has 7 nitrogen and oxygen atoms in total. The molecule has 1 aromatic carbocycles. The number of aromatic nitrogens is 3. The van der Waals surface area contributed by atoms with Gasteiger partial charge in [-0.15, -0.1) is 5.10 Å². The quantitative estimate of drug-likeness (QED) is 0.824. The van der Waals surface area contributed by atoms with Crippen LogP contribution in [0, 0.1) is 0 Å². The van der Waals surface area contributed by atoms with Gasteiger partial charge in [-0.1, -0.05) is 35.5 Å². The summed E-state index contributed by atoms with van der Waals surface area (Å²) in [6.45, 7) is 0.156. The van der Waals surface area contributed by atoms with Gasteiger partial charge in [0.25, 0.3) is 0 Å². The highest BCUT2D eigenvalue weighted by atomic mass is 16.4. The molecule has 2 N–H and O–H groups in total. The summed E-state index contributed by atoms with van der Waals surface area (Å²) in [5, 5.41) is 24.7. The minimum absolute atomic E-state index is 0.156. The first-order chi connectivity index (χ1) is 8.59. The normalized spacial score (nSPS) is 10.2. The fourth-order valence-electron chi connectivity index (χ4n) is 1.54. The average molecular weight is 247 g/mol. The highest BCUT2D eigenvalue weighted by molar-refractivity contribution is 5.98. The van der Waals surface area contributed by atoms with E-state index in [0.717, 1.165) is 10.2 Å². The molecule has 0 saturated heterocycles. The predicted octanol–water partition coefficient (Wildman–Crippen LogP) is 0.723. The molecule has 0 aliphatic carbocycles. The Hall–Kier alpha value is -2.70. The molecule has 92 valence electrons. The van der Waals surface area contributed by atoms with Crippen molar-refractivity contribution in [3.8, 4) is 0 Å². The first-order valence-corrected chi connectivity index (χ1v) is 5.03. The summed E-state index contributed by atoms with van der Waals surface area (Å²) < 4.78 is 1.06. The van der Waals surface area contributed by atoms with Gasteiger partial charge in [0, 0.05) is 0 Å². The van der Waals surface area contributed by atoms with Crippen LogP contribution in [-0.2, 0) is 6.54 Å². The molecule has 2 aromatic rings. The summed E-state index contributed by atoms with van der Waals surface area (Å²) in [6, 6.07) is 8.99. The van der Waals surface area contributed by atoms with Crippen LogP contribution in [0.2, 0.25) is 0 Å². The lowest BCUT2D eigenvalue weighted by Gasteiger charge is -2.03. The SMILES string of the molecule is O=C(O)c1nnn(Cc2ccccc2)c1C(=O)O. The van der Waals surface area contributed by atoms with Crippen LogP contribution in [0.15, 0.2) is 30.3 Å². The molecule has 2 rings (SSSR count). The van der Waals surface area contributed by atoms with Crippen molar-refractivity contribution in [2.24, 2.45) is 0 Å². The Labute approximate surface area is 101 Å². The van der Waals surface area contributed by atoms with Crippen LogP contribution < -0.4 is 0 Å². The molecule has 0 unspecified atom stereocenters. The van der Waals surface area contributed by atoms with Crippen molar-refractivity contribution in [3.05, 3.63) is 47.3 Å². The van der Waals surface area contributed by atoms with Gasteiger partial charge in [0.1, 0.15) is 0 Å². The maximum Gasteiger partial charge on any atom is 0.359 e. The first-order valence-electron chi connectivity index (χ1n) is 5.03. The Bertz CT molecular complexity index is 592. The summed E-state index contributed by atoms with van der Waals surface area (Å²) in [4.78, 5) is 21.8. The van der Waals surface area contributed by atoms with Crippen LogP contribution in [-0.4, -0.2) is 37.1 Å². The molecular formula is C11H9N3O4. The molecule has 18 heavy (non-hydrogen) atoms. The number of carboxylic acids is 2. The zero-order valence-corrected chi connectivity index (χ0v) is 9.15.